The highest BCUT2D eigenvalue weighted by Gasteiger charge is 2.51. The molecule has 2 heterocycles. The Morgan fingerprint density at radius 1 is 1.24 bits per heavy atom. The maximum absolute atomic E-state index is 12.7. The summed E-state index contributed by atoms with van der Waals surface area (Å²) in [6.07, 6.45) is 4.06. The van der Waals surface area contributed by atoms with E-state index in [2.05, 4.69) is 9.71 Å². The van der Waals surface area contributed by atoms with Crippen LogP contribution in [0.3, 0.4) is 0 Å². The number of nitrogens with one attached hydrogen (secondary N) is 2. The molecule has 0 radical (unpaired) electrons. The zero-order valence-electron chi connectivity index (χ0n) is 13.7. The van der Waals surface area contributed by atoms with Gasteiger partial charge in [0.1, 0.15) is 6.04 Å². The Hall–Kier alpha value is -1.47. The Labute approximate surface area is 145 Å². The molecule has 0 bridgehead atoms. The fourth-order valence-corrected chi connectivity index (χ4v) is 3.69. The van der Waals surface area contributed by atoms with Gasteiger partial charge < -0.3 is 10.6 Å². The van der Waals surface area contributed by atoms with Gasteiger partial charge in [0.05, 0.1) is 0 Å². The number of amides is 3. The van der Waals surface area contributed by atoms with Crippen molar-refractivity contribution in [2.45, 2.75) is 44.2 Å². The lowest BCUT2D eigenvalue weighted by atomic mass is 9.87. The van der Waals surface area contributed by atoms with E-state index in [0.29, 0.717) is 26.1 Å². The smallest absolute Gasteiger partial charge is 0.326 e. The van der Waals surface area contributed by atoms with Gasteiger partial charge in [0.25, 0.3) is 5.91 Å². The molecule has 2 atom stereocenters. The predicted octanol–water partition coefficient (Wildman–Crippen LogP) is -1.26. The standard InChI is InChI=1S/C13H23N5O6S/c14-9-1-5-17(8-9)15-11(19)10-7-13(2-3-13)4-6-18(10)12(20)16-24-25(21,22)23/h9-10H,1-8,14H2,(H,15,19)(H,16,20)(H,21,22,23)/t9?,10-/m0/s1. The second-order valence-corrected chi connectivity index (χ2v) is 8.07. The third-order valence-corrected chi connectivity index (χ3v) is 5.43. The Morgan fingerprint density at radius 2 is 1.96 bits per heavy atom. The Bertz CT molecular complexity index is 651. The lowest BCUT2D eigenvalue weighted by Crippen LogP contribution is -2.59. The number of carbonyl (C=O) groups excluding carboxylic acids is 2. The van der Waals surface area contributed by atoms with E-state index in [1.165, 1.54) is 4.90 Å². The lowest BCUT2D eigenvalue weighted by Gasteiger charge is -2.39. The molecule has 3 fully saturated rings. The lowest BCUT2D eigenvalue weighted by molar-refractivity contribution is -0.132. The Balaban J connectivity index is 1.65. The van der Waals surface area contributed by atoms with Crippen LogP contribution in [0.5, 0.6) is 0 Å². The summed E-state index contributed by atoms with van der Waals surface area (Å²) in [4.78, 5) is 26.1. The third kappa shape index (κ3) is 4.58. The highest BCUT2D eigenvalue weighted by atomic mass is 32.3. The van der Waals surface area contributed by atoms with E-state index in [9.17, 15) is 18.0 Å². The van der Waals surface area contributed by atoms with Gasteiger partial charge >= 0.3 is 16.4 Å². The molecule has 11 nitrogen and oxygen atoms in total. The molecular formula is C13H23N5O6S. The number of urea groups is 1. The maximum atomic E-state index is 12.7. The number of hydrazine groups is 1. The van der Waals surface area contributed by atoms with E-state index < -0.39 is 22.5 Å². The summed E-state index contributed by atoms with van der Waals surface area (Å²) in [6.45, 7) is 1.49. The van der Waals surface area contributed by atoms with Crippen LogP contribution < -0.4 is 16.6 Å². The molecule has 25 heavy (non-hydrogen) atoms. The van der Waals surface area contributed by atoms with Crippen LogP contribution in [-0.4, -0.2) is 66.5 Å². The predicted molar refractivity (Wildman–Crippen MR) is 84.9 cm³/mol. The van der Waals surface area contributed by atoms with Crippen LogP contribution in [-0.2, 0) is 19.5 Å². The second kappa shape index (κ2) is 6.68. The van der Waals surface area contributed by atoms with Crippen molar-refractivity contribution in [2.75, 3.05) is 19.6 Å². The van der Waals surface area contributed by atoms with Crippen molar-refractivity contribution in [2.24, 2.45) is 11.1 Å². The summed E-state index contributed by atoms with van der Waals surface area (Å²) in [5.74, 6) is -0.331. The number of piperidine rings is 1. The zero-order chi connectivity index (χ0) is 18.2. The van der Waals surface area contributed by atoms with Crippen LogP contribution in [0.4, 0.5) is 4.79 Å². The van der Waals surface area contributed by atoms with Crippen LogP contribution >= 0.6 is 0 Å². The largest absolute Gasteiger partial charge is 0.418 e. The van der Waals surface area contributed by atoms with Crippen LogP contribution in [0.15, 0.2) is 0 Å². The fraction of sp³-hybridized carbons (Fsp3) is 0.846. The van der Waals surface area contributed by atoms with E-state index >= 15 is 0 Å². The van der Waals surface area contributed by atoms with E-state index in [1.54, 1.807) is 10.5 Å². The molecule has 1 aliphatic carbocycles. The van der Waals surface area contributed by atoms with Crippen molar-refractivity contribution in [3.8, 4) is 0 Å². The summed E-state index contributed by atoms with van der Waals surface area (Å²) in [6, 6.07) is -1.62. The van der Waals surface area contributed by atoms with E-state index in [0.717, 1.165) is 25.7 Å². The van der Waals surface area contributed by atoms with Gasteiger partial charge in [0.2, 0.25) is 0 Å². The third-order valence-electron chi connectivity index (χ3n) is 5.13. The minimum absolute atomic E-state index is 0.00370. The SMILES string of the molecule is NC1CCN(NC(=O)[C@@H]2CC3(CCN2C(=O)NOS(=O)(=O)O)CC3)C1. The Kier molecular flexibility index (Phi) is 4.90. The van der Waals surface area contributed by atoms with E-state index in [1.807, 2.05) is 0 Å². The molecule has 1 saturated carbocycles. The first kappa shape index (κ1) is 18.3. The number of hydrogen-bond acceptors (Lipinski definition) is 7. The fourth-order valence-electron chi connectivity index (χ4n) is 3.51. The van der Waals surface area contributed by atoms with E-state index in [-0.39, 0.29) is 17.4 Å². The summed E-state index contributed by atoms with van der Waals surface area (Å²) in [7, 11) is -4.81. The van der Waals surface area contributed by atoms with Gasteiger partial charge in [-0.15, -0.1) is 4.28 Å². The summed E-state index contributed by atoms with van der Waals surface area (Å²) >= 11 is 0. The normalized spacial score (nSPS) is 28.8. The molecule has 3 aliphatic rings. The molecule has 1 unspecified atom stereocenters. The molecule has 12 heteroatoms. The maximum Gasteiger partial charge on any atom is 0.418 e. The highest BCUT2D eigenvalue weighted by Crippen LogP contribution is 2.55. The van der Waals surface area contributed by atoms with Gasteiger partial charge in [0.15, 0.2) is 0 Å². The first-order valence-electron chi connectivity index (χ1n) is 8.21. The molecule has 3 rings (SSSR count). The summed E-state index contributed by atoms with van der Waals surface area (Å²) < 4.78 is 33.7. The minimum Gasteiger partial charge on any atom is -0.326 e. The molecule has 1 spiro atoms. The van der Waals surface area contributed by atoms with Crippen molar-refractivity contribution in [3.05, 3.63) is 0 Å². The van der Waals surface area contributed by atoms with E-state index in [4.69, 9.17) is 10.3 Å². The zero-order valence-corrected chi connectivity index (χ0v) is 14.5. The molecular weight excluding hydrogens is 354 g/mol. The van der Waals surface area contributed by atoms with Crippen LogP contribution in [0.1, 0.15) is 32.1 Å². The molecule has 0 aromatic heterocycles. The molecule has 2 saturated heterocycles. The number of hydroxylamine groups is 1. The Morgan fingerprint density at radius 3 is 2.52 bits per heavy atom. The average molecular weight is 377 g/mol. The average Bonchev–Trinajstić information content (AvgIpc) is 3.15. The molecule has 142 valence electrons. The van der Waals surface area contributed by atoms with Gasteiger partial charge in [-0.1, -0.05) is 0 Å². The first-order chi connectivity index (χ1) is 11.7. The highest BCUT2D eigenvalue weighted by molar-refractivity contribution is 7.80. The van der Waals surface area contributed by atoms with Crippen LogP contribution in [0.25, 0.3) is 0 Å². The number of hydrogen-bond donors (Lipinski definition) is 4. The van der Waals surface area contributed by atoms with Gasteiger partial charge in [-0.25, -0.2) is 9.80 Å². The van der Waals surface area contributed by atoms with Gasteiger partial charge in [-0.3, -0.25) is 14.8 Å². The van der Waals surface area contributed by atoms with Gasteiger partial charge in [-0.2, -0.15) is 13.9 Å². The summed E-state index contributed by atoms with van der Waals surface area (Å²) in [5.41, 5.74) is 10.4. The number of nitrogens with zero attached hydrogens (tertiary/aromatic N) is 2. The quantitative estimate of drug-likeness (QED) is 0.350. The number of likely N-dealkylation sites (tertiary alicyclic amines) is 1. The summed E-state index contributed by atoms with van der Waals surface area (Å²) in [5, 5.41) is 1.73. The second-order valence-electron chi connectivity index (χ2n) is 7.05. The van der Waals surface area contributed by atoms with Crippen molar-refractivity contribution in [3.63, 3.8) is 0 Å². The number of nitrogens with two attached hydrogens (primary N) is 1. The number of carbonyl (C=O) groups is 2. The van der Waals surface area contributed by atoms with Crippen molar-refractivity contribution in [1.29, 1.82) is 0 Å². The molecule has 0 aromatic rings. The van der Waals surface area contributed by atoms with Crippen LogP contribution in [0, 0.1) is 5.41 Å². The van der Waals surface area contributed by atoms with Crippen molar-refractivity contribution < 1.29 is 26.8 Å². The van der Waals surface area contributed by atoms with Gasteiger partial charge in [0, 0.05) is 25.7 Å². The molecule has 2 aliphatic heterocycles. The molecule has 0 aromatic carbocycles. The molecule has 5 N–H and O–H groups in total. The number of rotatable bonds is 4. The van der Waals surface area contributed by atoms with Crippen molar-refractivity contribution in [1.82, 2.24) is 20.8 Å². The topological polar surface area (TPSA) is 154 Å². The first-order valence-corrected chi connectivity index (χ1v) is 9.58. The monoisotopic (exact) mass is 377 g/mol. The molecule has 3 amide bonds. The van der Waals surface area contributed by atoms with Crippen LogP contribution in [0.2, 0.25) is 0 Å². The van der Waals surface area contributed by atoms with Gasteiger partial charge in [-0.05, 0) is 37.5 Å². The van der Waals surface area contributed by atoms with Crippen molar-refractivity contribution >= 4 is 22.3 Å². The minimum atomic E-state index is -4.81.